The molecule has 9 heteroatoms. The summed E-state index contributed by atoms with van der Waals surface area (Å²) in [5, 5.41) is 12.4. The van der Waals surface area contributed by atoms with Gasteiger partial charge in [0.15, 0.2) is 0 Å². The van der Waals surface area contributed by atoms with E-state index in [2.05, 4.69) is 20.7 Å². The number of hydrazone groups is 1. The van der Waals surface area contributed by atoms with Crippen LogP contribution in [0.2, 0.25) is 5.02 Å². The van der Waals surface area contributed by atoms with Gasteiger partial charge in [0.1, 0.15) is 6.04 Å². The smallest absolute Gasteiger partial charge is 0.264 e. The van der Waals surface area contributed by atoms with Crippen LogP contribution in [0.4, 0.5) is 4.39 Å². The summed E-state index contributed by atoms with van der Waals surface area (Å²) in [4.78, 5) is 12.1. The zero-order valence-electron chi connectivity index (χ0n) is 13.3. The number of hydrogen-bond acceptors (Lipinski definition) is 4. The Morgan fingerprint density at radius 1 is 1.57 bits per heavy atom. The number of hydrogen-bond donors (Lipinski definition) is 1. The first-order chi connectivity index (χ1) is 10.9. The molecule has 23 heavy (non-hydrogen) atoms. The lowest BCUT2D eigenvalue weighted by Gasteiger charge is -2.12. The van der Waals surface area contributed by atoms with Gasteiger partial charge in [-0.05, 0) is 27.7 Å². The van der Waals surface area contributed by atoms with Crippen LogP contribution < -0.4 is 5.43 Å². The predicted octanol–water partition coefficient (Wildman–Crippen LogP) is 2.22. The average Bonchev–Trinajstić information content (AvgIpc) is 3.01. The summed E-state index contributed by atoms with van der Waals surface area (Å²) in [6.07, 6.45) is 2.56. The minimum absolute atomic E-state index is 0.203. The van der Waals surface area contributed by atoms with E-state index < -0.39 is 12.0 Å². The molecule has 0 radical (unpaired) electrons. The predicted molar refractivity (Wildman–Crippen MR) is 85.0 cm³/mol. The first kappa shape index (κ1) is 17.1. The molecular weight excluding hydrogens is 323 g/mol. The second kappa shape index (κ2) is 6.91. The van der Waals surface area contributed by atoms with Gasteiger partial charge in [0.05, 0.1) is 34.4 Å². The lowest BCUT2D eigenvalue weighted by molar-refractivity contribution is -0.124. The van der Waals surface area contributed by atoms with E-state index in [0.29, 0.717) is 23.0 Å². The van der Waals surface area contributed by atoms with Crippen molar-refractivity contribution in [2.75, 3.05) is 0 Å². The van der Waals surface area contributed by atoms with E-state index in [1.54, 1.807) is 27.7 Å². The number of rotatable bonds is 5. The molecule has 0 aromatic carbocycles. The third-order valence-corrected chi connectivity index (χ3v) is 4.01. The van der Waals surface area contributed by atoms with Crippen LogP contribution in [0.15, 0.2) is 11.3 Å². The largest absolute Gasteiger partial charge is 0.271 e. The molecule has 0 aliphatic rings. The van der Waals surface area contributed by atoms with Crippen molar-refractivity contribution in [1.29, 1.82) is 0 Å². The van der Waals surface area contributed by atoms with Crippen LogP contribution in [-0.2, 0) is 11.3 Å². The molecule has 1 amide bonds. The van der Waals surface area contributed by atoms with E-state index in [4.69, 9.17) is 11.6 Å². The molecule has 0 unspecified atom stereocenters. The molecule has 124 valence electrons. The van der Waals surface area contributed by atoms with Gasteiger partial charge in [0.25, 0.3) is 5.91 Å². The van der Waals surface area contributed by atoms with Crippen molar-refractivity contribution in [3.05, 3.63) is 34.1 Å². The fraction of sp³-hybridized carbons (Fsp3) is 0.429. The molecule has 2 aromatic rings. The zero-order valence-corrected chi connectivity index (χ0v) is 14.1. The molecule has 1 N–H and O–H groups in total. The van der Waals surface area contributed by atoms with Gasteiger partial charge < -0.3 is 0 Å². The summed E-state index contributed by atoms with van der Waals surface area (Å²) in [6.45, 7) is 7.42. The first-order valence-electron chi connectivity index (χ1n) is 7.12. The third kappa shape index (κ3) is 3.42. The van der Waals surface area contributed by atoms with Crippen LogP contribution in [0.1, 0.15) is 36.8 Å². The summed E-state index contributed by atoms with van der Waals surface area (Å²) < 4.78 is 16.5. The third-order valence-electron chi connectivity index (χ3n) is 3.46. The number of aromatic nitrogens is 4. The second-order valence-electron chi connectivity index (χ2n) is 5.05. The maximum atomic E-state index is 13.7. The standard InChI is InChI=1S/C14H18ClFN6O/c1-5-21-13(16)11(7-18-21)6-17-19-14(23)10(4)22-9(3)12(15)8(2)20-22/h6-7,10H,5H2,1-4H3,(H,19,23)/b17-6-/t10-/m0/s1. The van der Waals surface area contributed by atoms with Crippen LogP contribution in [0.25, 0.3) is 0 Å². The quantitative estimate of drug-likeness (QED) is 0.669. The lowest BCUT2D eigenvalue weighted by atomic mass is 10.3. The summed E-state index contributed by atoms with van der Waals surface area (Å²) >= 11 is 6.07. The number of aryl methyl sites for hydroxylation is 2. The molecule has 0 aliphatic carbocycles. The molecule has 0 fully saturated rings. The SMILES string of the molecule is CCn1ncc(/C=N\NC(=O)[C@H](C)n2nc(C)c(Cl)c2C)c1F. The van der Waals surface area contributed by atoms with Crippen LogP contribution >= 0.6 is 11.6 Å². The van der Waals surface area contributed by atoms with Gasteiger partial charge in [-0.15, -0.1) is 0 Å². The highest BCUT2D eigenvalue weighted by atomic mass is 35.5. The van der Waals surface area contributed by atoms with Crippen molar-refractivity contribution in [3.8, 4) is 0 Å². The van der Waals surface area contributed by atoms with E-state index >= 15 is 0 Å². The summed E-state index contributed by atoms with van der Waals surface area (Å²) in [7, 11) is 0. The number of halogens is 2. The van der Waals surface area contributed by atoms with Crippen LogP contribution in [0.5, 0.6) is 0 Å². The zero-order chi connectivity index (χ0) is 17.1. The van der Waals surface area contributed by atoms with Crippen molar-refractivity contribution in [2.45, 2.75) is 40.3 Å². The van der Waals surface area contributed by atoms with Crippen LogP contribution in [0, 0.1) is 19.8 Å². The number of carbonyl (C=O) groups is 1. The second-order valence-corrected chi connectivity index (χ2v) is 5.42. The minimum atomic E-state index is -0.596. The molecule has 2 rings (SSSR count). The van der Waals surface area contributed by atoms with Gasteiger partial charge in [-0.1, -0.05) is 11.6 Å². The highest BCUT2D eigenvalue weighted by Gasteiger charge is 2.20. The Kier molecular flexibility index (Phi) is 5.15. The molecule has 7 nitrogen and oxygen atoms in total. The number of carbonyl (C=O) groups excluding carboxylic acids is 1. The highest BCUT2D eigenvalue weighted by Crippen LogP contribution is 2.22. The van der Waals surface area contributed by atoms with Gasteiger partial charge in [-0.2, -0.15) is 19.7 Å². The van der Waals surface area contributed by atoms with Crippen molar-refractivity contribution in [3.63, 3.8) is 0 Å². The summed E-state index contributed by atoms with van der Waals surface area (Å²) in [5.74, 6) is -0.879. The molecule has 0 saturated heterocycles. The van der Waals surface area contributed by atoms with E-state index in [1.807, 2.05) is 0 Å². The van der Waals surface area contributed by atoms with Crippen molar-refractivity contribution < 1.29 is 9.18 Å². The maximum Gasteiger partial charge on any atom is 0.264 e. The Balaban J connectivity index is 2.05. The Bertz CT molecular complexity index is 751. The summed E-state index contributed by atoms with van der Waals surface area (Å²) in [6, 6.07) is -0.596. The van der Waals surface area contributed by atoms with E-state index in [1.165, 1.54) is 21.8 Å². The fourth-order valence-corrected chi connectivity index (χ4v) is 2.21. The molecule has 0 spiro atoms. The molecule has 1 atom stereocenters. The molecule has 2 heterocycles. The highest BCUT2D eigenvalue weighted by molar-refractivity contribution is 6.31. The van der Waals surface area contributed by atoms with Crippen molar-refractivity contribution in [1.82, 2.24) is 25.0 Å². The molecule has 0 saturated carbocycles. The monoisotopic (exact) mass is 340 g/mol. The van der Waals surface area contributed by atoms with Gasteiger partial charge in [-0.3, -0.25) is 9.48 Å². The lowest BCUT2D eigenvalue weighted by Crippen LogP contribution is -2.28. The summed E-state index contributed by atoms with van der Waals surface area (Å²) in [5.41, 5.74) is 3.92. The number of nitrogens with zero attached hydrogens (tertiary/aromatic N) is 5. The molecule has 0 aliphatic heterocycles. The van der Waals surface area contributed by atoms with Crippen LogP contribution in [-0.4, -0.2) is 31.7 Å². The first-order valence-corrected chi connectivity index (χ1v) is 7.50. The number of nitrogens with one attached hydrogen (secondary N) is 1. The van der Waals surface area contributed by atoms with E-state index in [-0.39, 0.29) is 11.5 Å². The molecule has 0 bridgehead atoms. The van der Waals surface area contributed by atoms with Gasteiger partial charge in [0.2, 0.25) is 5.95 Å². The Morgan fingerprint density at radius 3 is 2.78 bits per heavy atom. The van der Waals surface area contributed by atoms with Gasteiger partial charge in [0, 0.05) is 6.54 Å². The van der Waals surface area contributed by atoms with Gasteiger partial charge in [-0.25, -0.2) is 10.1 Å². The molecular formula is C14H18ClFN6O. The van der Waals surface area contributed by atoms with Crippen molar-refractivity contribution >= 4 is 23.7 Å². The average molecular weight is 341 g/mol. The number of amides is 1. The van der Waals surface area contributed by atoms with Crippen LogP contribution in [0.3, 0.4) is 0 Å². The fourth-order valence-electron chi connectivity index (χ4n) is 2.08. The van der Waals surface area contributed by atoms with Gasteiger partial charge >= 0.3 is 0 Å². The van der Waals surface area contributed by atoms with Crippen molar-refractivity contribution in [2.24, 2.45) is 5.10 Å². The maximum absolute atomic E-state index is 13.7. The topological polar surface area (TPSA) is 77.1 Å². The van der Waals surface area contributed by atoms with E-state index in [0.717, 1.165) is 0 Å². The Morgan fingerprint density at radius 2 is 2.26 bits per heavy atom. The Hall–Kier alpha value is -2.22. The Labute approximate surface area is 138 Å². The minimum Gasteiger partial charge on any atom is -0.271 e. The molecule has 2 aromatic heterocycles. The van der Waals surface area contributed by atoms with E-state index in [9.17, 15) is 9.18 Å². The normalized spacial score (nSPS) is 12.8.